The summed E-state index contributed by atoms with van der Waals surface area (Å²) in [5.41, 5.74) is 2.28. The maximum Gasteiger partial charge on any atom is 0.509 e. The third kappa shape index (κ3) is 2.23. The van der Waals surface area contributed by atoms with E-state index in [1.165, 1.54) is 0 Å². The minimum atomic E-state index is -0.540. The summed E-state index contributed by atoms with van der Waals surface area (Å²) in [4.78, 5) is 13.4. The van der Waals surface area contributed by atoms with Gasteiger partial charge in [0.2, 0.25) is 0 Å². The van der Waals surface area contributed by atoms with Crippen LogP contribution >= 0.6 is 0 Å². The molecule has 3 heterocycles. The maximum atomic E-state index is 11.1. The number of rotatable bonds is 2. The first-order chi connectivity index (χ1) is 10.2. The quantitative estimate of drug-likeness (QED) is 0.779. The highest BCUT2D eigenvalue weighted by Gasteiger charge is 2.44. The second-order valence-electron chi connectivity index (χ2n) is 5.65. The Bertz CT molecular complexity index is 676. The standard InChI is InChI=1S/C14H15N3O4/c18-13-19-9-14(20-13)4-6-17(7-5-14)8-10-2-1-3-11-12(10)16-21-15-11/h1-3H,4-9H2. The smallest absolute Gasteiger partial charge is 0.430 e. The number of hydrogen-bond donors (Lipinski definition) is 0. The molecule has 0 aliphatic carbocycles. The lowest BCUT2D eigenvalue weighted by Crippen LogP contribution is -2.45. The van der Waals surface area contributed by atoms with Gasteiger partial charge in [-0.2, -0.15) is 0 Å². The highest BCUT2D eigenvalue weighted by molar-refractivity contribution is 5.76. The zero-order valence-corrected chi connectivity index (χ0v) is 11.4. The van der Waals surface area contributed by atoms with Gasteiger partial charge in [0.25, 0.3) is 0 Å². The predicted molar refractivity (Wildman–Crippen MR) is 71.5 cm³/mol. The van der Waals surface area contributed by atoms with E-state index >= 15 is 0 Å². The Balaban J connectivity index is 1.45. The van der Waals surface area contributed by atoms with Crippen LogP contribution in [0.3, 0.4) is 0 Å². The molecule has 1 aromatic carbocycles. The third-order valence-electron chi connectivity index (χ3n) is 4.28. The lowest BCUT2D eigenvalue weighted by atomic mass is 9.92. The van der Waals surface area contributed by atoms with Gasteiger partial charge >= 0.3 is 6.16 Å². The molecule has 0 bridgehead atoms. The topological polar surface area (TPSA) is 77.7 Å². The van der Waals surface area contributed by atoms with E-state index in [2.05, 4.69) is 15.2 Å². The molecule has 4 rings (SSSR count). The minimum absolute atomic E-state index is 0.377. The van der Waals surface area contributed by atoms with Gasteiger partial charge < -0.3 is 9.47 Å². The third-order valence-corrected chi connectivity index (χ3v) is 4.28. The molecule has 0 N–H and O–H groups in total. The van der Waals surface area contributed by atoms with E-state index in [0.29, 0.717) is 6.61 Å². The summed E-state index contributed by atoms with van der Waals surface area (Å²) in [6, 6.07) is 5.88. The van der Waals surface area contributed by atoms with Crippen LogP contribution in [0, 0.1) is 0 Å². The van der Waals surface area contributed by atoms with Crippen molar-refractivity contribution in [1.82, 2.24) is 15.2 Å². The van der Waals surface area contributed by atoms with Crippen molar-refractivity contribution in [2.75, 3.05) is 19.7 Å². The molecule has 0 amide bonds. The Hall–Kier alpha value is -2.15. The van der Waals surface area contributed by atoms with Crippen LogP contribution in [0.1, 0.15) is 18.4 Å². The molecular weight excluding hydrogens is 274 g/mol. The van der Waals surface area contributed by atoms with Gasteiger partial charge in [0.15, 0.2) is 5.60 Å². The van der Waals surface area contributed by atoms with E-state index in [9.17, 15) is 4.79 Å². The van der Waals surface area contributed by atoms with Crippen LogP contribution < -0.4 is 0 Å². The molecule has 7 heteroatoms. The molecule has 2 aliphatic rings. The molecule has 2 saturated heterocycles. The van der Waals surface area contributed by atoms with Crippen LogP contribution in [0.4, 0.5) is 4.79 Å². The highest BCUT2D eigenvalue weighted by atomic mass is 16.8. The predicted octanol–water partition coefficient (Wildman–Crippen LogP) is 1.72. The van der Waals surface area contributed by atoms with Crippen LogP contribution in [0.15, 0.2) is 22.8 Å². The number of nitrogens with zero attached hydrogens (tertiary/aromatic N) is 3. The van der Waals surface area contributed by atoms with Crippen LogP contribution in [0.5, 0.6) is 0 Å². The SMILES string of the molecule is O=C1OCC2(CCN(Cc3cccc4nonc34)CC2)O1. The normalized spacial score (nSPS) is 21.6. The Labute approximate surface area is 120 Å². The summed E-state index contributed by atoms with van der Waals surface area (Å²) < 4.78 is 15.0. The van der Waals surface area contributed by atoms with E-state index in [1.807, 2.05) is 18.2 Å². The largest absolute Gasteiger partial charge is 0.509 e. The fourth-order valence-electron chi connectivity index (χ4n) is 3.02. The van der Waals surface area contributed by atoms with Gasteiger partial charge in [-0.15, -0.1) is 0 Å². The highest BCUT2D eigenvalue weighted by Crippen LogP contribution is 2.32. The maximum absolute atomic E-state index is 11.1. The van der Waals surface area contributed by atoms with Gasteiger partial charge in [0, 0.05) is 32.5 Å². The molecule has 1 spiro atoms. The Morgan fingerprint density at radius 1 is 1.24 bits per heavy atom. The summed E-state index contributed by atoms with van der Waals surface area (Å²) >= 11 is 0. The number of hydrogen-bond acceptors (Lipinski definition) is 7. The number of piperidine rings is 1. The average Bonchev–Trinajstić information content (AvgIpc) is 3.10. The van der Waals surface area contributed by atoms with Gasteiger partial charge in [0.1, 0.15) is 17.6 Å². The average molecular weight is 289 g/mol. The molecule has 110 valence electrons. The van der Waals surface area contributed by atoms with E-state index in [1.54, 1.807) is 0 Å². The van der Waals surface area contributed by atoms with Crippen molar-refractivity contribution in [3.8, 4) is 0 Å². The van der Waals surface area contributed by atoms with E-state index in [4.69, 9.17) is 14.1 Å². The first-order valence-electron chi connectivity index (χ1n) is 7.02. The van der Waals surface area contributed by atoms with Crippen LogP contribution in [-0.4, -0.2) is 46.7 Å². The molecule has 0 atom stereocenters. The van der Waals surface area contributed by atoms with Gasteiger partial charge in [-0.05, 0) is 21.9 Å². The lowest BCUT2D eigenvalue weighted by molar-refractivity contribution is -0.00155. The number of fused-ring (bicyclic) bond motifs is 1. The van der Waals surface area contributed by atoms with Crippen molar-refractivity contribution in [3.05, 3.63) is 23.8 Å². The molecule has 21 heavy (non-hydrogen) atoms. The lowest BCUT2D eigenvalue weighted by Gasteiger charge is -2.36. The Morgan fingerprint density at radius 2 is 2.10 bits per heavy atom. The molecule has 0 unspecified atom stereocenters. The molecule has 2 aromatic rings. The van der Waals surface area contributed by atoms with Crippen molar-refractivity contribution < 1.29 is 18.9 Å². The molecule has 0 saturated carbocycles. The molecule has 2 fully saturated rings. The van der Waals surface area contributed by atoms with Crippen LogP contribution in [0.2, 0.25) is 0 Å². The fraction of sp³-hybridized carbons (Fsp3) is 0.500. The molecule has 1 aromatic heterocycles. The number of aromatic nitrogens is 2. The number of benzene rings is 1. The monoisotopic (exact) mass is 289 g/mol. The second kappa shape index (κ2) is 4.70. The van der Waals surface area contributed by atoms with Gasteiger partial charge in [-0.1, -0.05) is 12.1 Å². The van der Waals surface area contributed by atoms with Crippen molar-refractivity contribution >= 4 is 17.2 Å². The van der Waals surface area contributed by atoms with Crippen molar-refractivity contribution in [2.45, 2.75) is 25.0 Å². The summed E-state index contributed by atoms with van der Waals surface area (Å²) in [5, 5.41) is 7.82. The molecular formula is C14H15N3O4. The zero-order chi connectivity index (χ0) is 14.3. The van der Waals surface area contributed by atoms with Crippen molar-refractivity contribution in [1.29, 1.82) is 0 Å². The molecule has 0 radical (unpaired) electrons. The number of cyclic esters (lactones) is 1. The first-order valence-corrected chi connectivity index (χ1v) is 7.02. The Morgan fingerprint density at radius 3 is 2.86 bits per heavy atom. The summed E-state index contributed by atoms with van der Waals surface area (Å²) in [7, 11) is 0. The van der Waals surface area contributed by atoms with E-state index < -0.39 is 11.8 Å². The van der Waals surface area contributed by atoms with E-state index in [-0.39, 0.29) is 0 Å². The van der Waals surface area contributed by atoms with Crippen LogP contribution in [0.25, 0.3) is 11.0 Å². The van der Waals surface area contributed by atoms with Gasteiger partial charge in [-0.3, -0.25) is 4.90 Å². The number of ether oxygens (including phenoxy) is 2. The number of likely N-dealkylation sites (tertiary alicyclic amines) is 1. The second-order valence-corrected chi connectivity index (χ2v) is 5.65. The summed E-state index contributed by atoms with van der Waals surface area (Å²) in [6.45, 7) is 2.88. The number of carbonyl (C=O) groups is 1. The van der Waals surface area contributed by atoms with Gasteiger partial charge in [-0.25, -0.2) is 9.42 Å². The zero-order valence-electron chi connectivity index (χ0n) is 11.4. The summed E-state index contributed by atoms with van der Waals surface area (Å²) in [6.07, 6.45) is 1.05. The first kappa shape index (κ1) is 12.6. The minimum Gasteiger partial charge on any atom is -0.430 e. The van der Waals surface area contributed by atoms with Crippen molar-refractivity contribution in [2.24, 2.45) is 0 Å². The fourth-order valence-corrected chi connectivity index (χ4v) is 3.02. The summed E-state index contributed by atoms with van der Waals surface area (Å²) in [5.74, 6) is 0. The number of carbonyl (C=O) groups excluding carboxylic acids is 1. The van der Waals surface area contributed by atoms with Crippen molar-refractivity contribution in [3.63, 3.8) is 0 Å². The van der Waals surface area contributed by atoms with E-state index in [0.717, 1.165) is 49.1 Å². The molecule has 7 nitrogen and oxygen atoms in total. The van der Waals surface area contributed by atoms with Gasteiger partial charge in [0.05, 0.1) is 0 Å². The Kier molecular flexibility index (Phi) is 2.81. The van der Waals surface area contributed by atoms with Crippen LogP contribution in [-0.2, 0) is 16.0 Å². The molecule has 2 aliphatic heterocycles.